The third-order valence-electron chi connectivity index (χ3n) is 2.42. The fraction of sp³-hybridized carbons (Fsp3) is 0.357. The van der Waals surface area contributed by atoms with Crippen molar-refractivity contribution < 1.29 is 13.6 Å². The summed E-state index contributed by atoms with van der Waals surface area (Å²) in [5.74, 6) is 0.466. The highest BCUT2D eigenvalue weighted by Gasteiger charge is 2.06. The topological polar surface area (TPSA) is 29.1 Å². The van der Waals surface area contributed by atoms with Gasteiger partial charge in [-0.2, -0.15) is 0 Å². The first-order valence-corrected chi connectivity index (χ1v) is 5.77. The first-order valence-electron chi connectivity index (χ1n) is 5.77. The Labute approximate surface area is 105 Å². The Kier molecular flexibility index (Phi) is 5.86. The molecule has 1 N–H and O–H groups in total. The van der Waals surface area contributed by atoms with E-state index in [1.165, 1.54) is 6.07 Å². The van der Waals surface area contributed by atoms with Gasteiger partial charge in [0, 0.05) is 13.0 Å². The summed E-state index contributed by atoms with van der Waals surface area (Å²) in [5, 5.41) is 2.70. The van der Waals surface area contributed by atoms with Crippen LogP contribution < -0.4 is 5.32 Å². The predicted octanol–water partition coefficient (Wildman–Crippen LogP) is 2.43. The van der Waals surface area contributed by atoms with Crippen molar-refractivity contribution in [3.05, 3.63) is 35.4 Å². The van der Waals surface area contributed by atoms with Gasteiger partial charge in [-0.3, -0.25) is 4.79 Å². The molecule has 0 aromatic heterocycles. The number of amides is 1. The average Bonchev–Trinajstić information content (AvgIpc) is 2.34. The molecule has 0 heterocycles. The Balaban J connectivity index is 2.31. The summed E-state index contributed by atoms with van der Waals surface area (Å²) in [6, 6.07) is 3.45. The molecule has 0 spiro atoms. The maximum Gasteiger partial charge on any atom is 0.224 e. The van der Waals surface area contributed by atoms with Crippen molar-refractivity contribution >= 4 is 5.91 Å². The summed E-state index contributed by atoms with van der Waals surface area (Å²) in [7, 11) is 0. The van der Waals surface area contributed by atoms with E-state index in [4.69, 9.17) is 6.42 Å². The van der Waals surface area contributed by atoms with Crippen molar-refractivity contribution in [2.45, 2.75) is 25.7 Å². The van der Waals surface area contributed by atoms with E-state index < -0.39 is 11.6 Å². The Hall–Kier alpha value is -1.89. The highest BCUT2D eigenvalue weighted by molar-refractivity contribution is 5.78. The zero-order valence-electron chi connectivity index (χ0n) is 10.0. The largest absolute Gasteiger partial charge is 0.356 e. The van der Waals surface area contributed by atoms with E-state index in [0.717, 1.165) is 25.0 Å². The van der Waals surface area contributed by atoms with Gasteiger partial charge in [0.2, 0.25) is 5.91 Å². The lowest BCUT2D eigenvalue weighted by atomic mass is 10.1. The Morgan fingerprint density at radius 1 is 1.28 bits per heavy atom. The number of terminal acetylenes is 1. The second-order valence-corrected chi connectivity index (χ2v) is 3.94. The van der Waals surface area contributed by atoms with Crippen LogP contribution in [0.25, 0.3) is 0 Å². The van der Waals surface area contributed by atoms with Gasteiger partial charge in [0.05, 0.1) is 6.42 Å². The SMILES string of the molecule is C#CCCCCNC(=O)Cc1ccc(F)c(F)c1. The zero-order valence-corrected chi connectivity index (χ0v) is 10.0. The molecule has 96 valence electrons. The molecule has 0 saturated heterocycles. The Bertz CT molecular complexity index is 452. The van der Waals surface area contributed by atoms with E-state index in [0.29, 0.717) is 18.5 Å². The minimum atomic E-state index is -0.936. The second kappa shape index (κ2) is 7.44. The molecule has 0 fully saturated rings. The molecule has 0 saturated carbocycles. The maximum absolute atomic E-state index is 12.9. The fourth-order valence-electron chi connectivity index (χ4n) is 1.48. The smallest absolute Gasteiger partial charge is 0.224 e. The highest BCUT2D eigenvalue weighted by atomic mass is 19.2. The Morgan fingerprint density at radius 3 is 2.72 bits per heavy atom. The monoisotopic (exact) mass is 251 g/mol. The van der Waals surface area contributed by atoms with Gasteiger partial charge in [-0.25, -0.2) is 8.78 Å². The van der Waals surface area contributed by atoms with Crippen LogP contribution in [0.15, 0.2) is 18.2 Å². The third kappa shape index (κ3) is 4.96. The van der Waals surface area contributed by atoms with Gasteiger partial charge in [-0.1, -0.05) is 6.07 Å². The van der Waals surface area contributed by atoms with Crippen molar-refractivity contribution in [2.24, 2.45) is 0 Å². The summed E-state index contributed by atoms with van der Waals surface area (Å²) in [6.07, 6.45) is 7.51. The standard InChI is InChI=1S/C14H15F2NO/c1-2-3-4-5-8-17-14(18)10-11-6-7-12(15)13(16)9-11/h1,6-7,9H,3-5,8,10H2,(H,17,18). The summed E-state index contributed by atoms with van der Waals surface area (Å²) < 4.78 is 25.6. The van der Waals surface area contributed by atoms with Gasteiger partial charge in [0.1, 0.15) is 0 Å². The molecule has 2 nitrogen and oxygen atoms in total. The first kappa shape index (κ1) is 14.2. The lowest BCUT2D eigenvalue weighted by Crippen LogP contribution is -2.26. The van der Waals surface area contributed by atoms with Gasteiger partial charge < -0.3 is 5.32 Å². The number of benzene rings is 1. The molecular weight excluding hydrogens is 236 g/mol. The van der Waals surface area contributed by atoms with Gasteiger partial charge >= 0.3 is 0 Å². The molecule has 1 aromatic rings. The van der Waals surface area contributed by atoms with Crippen LogP contribution in [0.4, 0.5) is 8.78 Å². The quantitative estimate of drug-likeness (QED) is 0.610. The van der Waals surface area contributed by atoms with Crippen LogP contribution in [0, 0.1) is 24.0 Å². The number of hydrogen-bond acceptors (Lipinski definition) is 1. The number of unbranched alkanes of at least 4 members (excludes halogenated alkanes) is 2. The molecule has 0 bridgehead atoms. The first-order chi connectivity index (χ1) is 8.63. The van der Waals surface area contributed by atoms with E-state index >= 15 is 0 Å². The van der Waals surface area contributed by atoms with Crippen LogP contribution in [0.2, 0.25) is 0 Å². The molecule has 0 atom stereocenters. The summed E-state index contributed by atoms with van der Waals surface area (Å²) in [6.45, 7) is 0.546. The number of rotatable bonds is 6. The van der Waals surface area contributed by atoms with Crippen LogP contribution >= 0.6 is 0 Å². The number of carbonyl (C=O) groups excluding carboxylic acids is 1. The van der Waals surface area contributed by atoms with Crippen molar-refractivity contribution in [3.63, 3.8) is 0 Å². The van der Waals surface area contributed by atoms with Crippen LogP contribution in [0.1, 0.15) is 24.8 Å². The minimum absolute atomic E-state index is 0.0480. The van der Waals surface area contributed by atoms with E-state index in [9.17, 15) is 13.6 Å². The van der Waals surface area contributed by atoms with Crippen molar-refractivity contribution in [3.8, 4) is 12.3 Å². The maximum atomic E-state index is 12.9. The lowest BCUT2D eigenvalue weighted by Gasteiger charge is -2.05. The van der Waals surface area contributed by atoms with Gasteiger partial charge in [0.25, 0.3) is 0 Å². The van der Waals surface area contributed by atoms with Crippen LogP contribution in [0.5, 0.6) is 0 Å². The van der Waals surface area contributed by atoms with Crippen LogP contribution in [0.3, 0.4) is 0 Å². The van der Waals surface area contributed by atoms with Crippen molar-refractivity contribution in [1.29, 1.82) is 0 Å². The zero-order chi connectivity index (χ0) is 13.4. The lowest BCUT2D eigenvalue weighted by molar-refractivity contribution is -0.120. The predicted molar refractivity (Wildman–Crippen MR) is 65.8 cm³/mol. The number of halogens is 2. The van der Waals surface area contributed by atoms with Gasteiger partial charge in [-0.05, 0) is 30.5 Å². The molecule has 1 rings (SSSR count). The van der Waals surface area contributed by atoms with Crippen molar-refractivity contribution in [2.75, 3.05) is 6.54 Å². The molecule has 4 heteroatoms. The number of carbonyl (C=O) groups is 1. The third-order valence-corrected chi connectivity index (χ3v) is 2.42. The van der Waals surface area contributed by atoms with Gasteiger partial charge in [-0.15, -0.1) is 12.3 Å². The number of hydrogen-bond donors (Lipinski definition) is 1. The summed E-state index contributed by atoms with van der Waals surface area (Å²) in [4.78, 5) is 11.5. The highest BCUT2D eigenvalue weighted by Crippen LogP contribution is 2.09. The fourth-order valence-corrected chi connectivity index (χ4v) is 1.48. The van der Waals surface area contributed by atoms with Gasteiger partial charge in [0.15, 0.2) is 11.6 Å². The van der Waals surface area contributed by atoms with Crippen molar-refractivity contribution in [1.82, 2.24) is 5.32 Å². The molecule has 1 amide bonds. The molecule has 18 heavy (non-hydrogen) atoms. The molecule has 0 aliphatic carbocycles. The number of nitrogens with one attached hydrogen (secondary N) is 1. The summed E-state index contributed by atoms with van der Waals surface area (Å²) >= 11 is 0. The minimum Gasteiger partial charge on any atom is -0.356 e. The molecule has 0 radical (unpaired) electrons. The normalized spacial score (nSPS) is 9.83. The summed E-state index contributed by atoms with van der Waals surface area (Å²) in [5.41, 5.74) is 0.454. The molecular formula is C14H15F2NO. The van der Waals surface area contributed by atoms with E-state index in [2.05, 4.69) is 11.2 Å². The second-order valence-electron chi connectivity index (χ2n) is 3.94. The van der Waals surface area contributed by atoms with Crippen LogP contribution in [-0.2, 0) is 11.2 Å². The molecule has 0 unspecified atom stereocenters. The van der Waals surface area contributed by atoms with Crippen LogP contribution in [-0.4, -0.2) is 12.5 Å². The van der Waals surface area contributed by atoms with E-state index in [-0.39, 0.29) is 12.3 Å². The van der Waals surface area contributed by atoms with E-state index in [1.54, 1.807) is 0 Å². The molecule has 0 aliphatic rings. The average molecular weight is 251 g/mol. The Morgan fingerprint density at radius 2 is 2.06 bits per heavy atom. The molecule has 1 aromatic carbocycles. The van der Waals surface area contributed by atoms with E-state index in [1.807, 2.05) is 0 Å². The molecule has 0 aliphatic heterocycles.